The van der Waals surface area contributed by atoms with Crippen LogP contribution in [0.1, 0.15) is 0 Å². The van der Waals surface area contributed by atoms with Crippen LogP contribution < -0.4 is 4.90 Å². The molecular weight excluding hydrogens is 502 g/mol. The predicted molar refractivity (Wildman–Crippen MR) is 157 cm³/mol. The third-order valence-electron chi connectivity index (χ3n) is 6.52. The summed E-state index contributed by atoms with van der Waals surface area (Å²) in [5.41, 5.74) is 8.18. The maximum absolute atomic E-state index is 3.58. The number of hydrogen-bond donors (Lipinski definition) is 0. The van der Waals surface area contributed by atoms with Gasteiger partial charge in [-0.1, -0.05) is 119 Å². The lowest BCUT2D eigenvalue weighted by molar-refractivity contribution is 1.29. The minimum absolute atomic E-state index is 1.08. The third-order valence-corrected chi connectivity index (χ3v) is 7.05. The van der Waals surface area contributed by atoms with Gasteiger partial charge in [-0.25, -0.2) is 0 Å². The molecule has 0 unspecified atom stereocenters. The van der Waals surface area contributed by atoms with Crippen molar-refractivity contribution >= 4 is 43.8 Å². The summed E-state index contributed by atoms with van der Waals surface area (Å²) < 4.78 is 1.08. The number of rotatable bonds is 5. The zero-order valence-corrected chi connectivity index (χ0v) is 21.3. The van der Waals surface area contributed by atoms with Gasteiger partial charge in [0.15, 0.2) is 0 Å². The zero-order valence-electron chi connectivity index (χ0n) is 19.7. The van der Waals surface area contributed by atoms with Crippen LogP contribution in [0.4, 0.5) is 17.1 Å². The van der Waals surface area contributed by atoms with Crippen LogP contribution >= 0.6 is 15.9 Å². The number of anilines is 3. The van der Waals surface area contributed by atoms with Gasteiger partial charge in [0.1, 0.15) is 0 Å². The topological polar surface area (TPSA) is 3.24 Å². The molecular formula is C34H24BrN. The minimum Gasteiger partial charge on any atom is -0.310 e. The van der Waals surface area contributed by atoms with Crippen LogP contribution in [0.3, 0.4) is 0 Å². The average molecular weight is 526 g/mol. The fraction of sp³-hybridized carbons (Fsp3) is 0. The van der Waals surface area contributed by atoms with Gasteiger partial charge >= 0.3 is 0 Å². The van der Waals surface area contributed by atoms with E-state index < -0.39 is 0 Å². The molecule has 0 bridgehead atoms. The zero-order chi connectivity index (χ0) is 24.3. The van der Waals surface area contributed by atoms with Crippen LogP contribution in [0.2, 0.25) is 0 Å². The summed E-state index contributed by atoms with van der Waals surface area (Å²) in [7, 11) is 0. The Hall–Kier alpha value is -4.14. The summed E-state index contributed by atoms with van der Waals surface area (Å²) in [6.45, 7) is 0. The van der Waals surface area contributed by atoms with Crippen molar-refractivity contribution < 1.29 is 0 Å². The predicted octanol–water partition coefficient (Wildman–Crippen LogP) is 10.4. The number of halogens is 1. The van der Waals surface area contributed by atoms with Crippen LogP contribution in [0, 0.1) is 0 Å². The van der Waals surface area contributed by atoms with Crippen molar-refractivity contribution in [2.24, 2.45) is 0 Å². The lowest BCUT2D eigenvalue weighted by atomic mass is 10.0. The Morgan fingerprint density at radius 2 is 1.00 bits per heavy atom. The summed E-state index contributed by atoms with van der Waals surface area (Å²) in [5, 5.41) is 2.46. The molecule has 6 aromatic rings. The average Bonchev–Trinajstić information content (AvgIpc) is 2.95. The fourth-order valence-electron chi connectivity index (χ4n) is 4.72. The van der Waals surface area contributed by atoms with Crippen molar-refractivity contribution in [1.82, 2.24) is 0 Å². The molecule has 0 N–H and O–H groups in total. The maximum Gasteiger partial charge on any atom is 0.0540 e. The van der Waals surface area contributed by atoms with Crippen molar-refractivity contribution in [2.45, 2.75) is 0 Å². The lowest BCUT2D eigenvalue weighted by Gasteiger charge is -2.28. The lowest BCUT2D eigenvalue weighted by Crippen LogP contribution is -2.11. The van der Waals surface area contributed by atoms with Crippen molar-refractivity contribution in [3.05, 3.63) is 150 Å². The van der Waals surface area contributed by atoms with E-state index in [0.717, 1.165) is 21.5 Å². The second kappa shape index (κ2) is 9.85. The quantitative estimate of drug-likeness (QED) is 0.216. The molecule has 0 spiro atoms. The van der Waals surface area contributed by atoms with Crippen LogP contribution in [-0.2, 0) is 0 Å². The molecule has 0 aliphatic heterocycles. The van der Waals surface area contributed by atoms with Crippen LogP contribution in [0.25, 0.3) is 33.0 Å². The Labute approximate surface area is 220 Å². The van der Waals surface area contributed by atoms with Crippen molar-refractivity contribution in [3.63, 3.8) is 0 Å². The van der Waals surface area contributed by atoms with E-state index in [0.29, 0.717) is 0 Å². The Kier molecular flexibility index (Phi) is 6.11. The summed E-state index contributed by atoms with van der Waals surface area (Å²) in [5.74, 6) is 0. The van der Waals surface area contributed by atoms with E-state index in [1.807, 2.05) is 0 Å². The molecule has 6 aromatic carbocycles. The number of benzene rings is 6. The first kappa shape index (κ1) is 22.3. The molecule has 0 atom stereocenters. The molecule has 172 valence electrons. The van der Waals surface area contributed by atoms with Crippen LogP contribution in [0.5, 0.6) is 0 Å². The van der Waals surface area contributed by atoms with Crippen molar-refractivity contribution in [2.75, 3.05) is 4.90 Å². The van der Waals surface area contributed by atoms with Crippen molar-refractivity contribution in [3.8, 4) is 22.3 Å². The van der Waals surface area contributed by atoms with Gasteiger partial charge in [-0.2, -0.15) is 0 Å². The fourth-order valence-corrected chi connectivity index (χ4v) is 4.98. The minimum atomic E-state index is 1.08. The smallest absolute Gasteiger partial charge is 0.0540 e. The van der Waals surface area contributed by atoms with Gasteiger partial charge in [-0.3, -0.25) is 0 Å². The van der Waals surface area contributed by atoms with Crippen LogP contribution in [0.15, 0.2) is 150 Å². The van der Waals surface area contributed by atoms with Crippen LogP contribution in [-0.4, -0.2) is 0 Å². The van der Waals surface area contributed by atoms with E-state index in [1.165, 1.54) is 33.0 Å². The summed E-state index contributed by atoms with van der Waals surface area (Å²) in [6.07, 6.45) is 0. The number of hydrogen-bond acceptors (Lipinski definition) is 1. The Morgan fingerprint density at radius 1 is 0.417 bits per heavy atom. The number of para-hydroxylation sites is 1. The Bertz CT molecular complexity index is 1620. The number of fused-ring (bicyclic) bond motifs is 1. The molecule has 0 heterocycles. The van der Waals surface area contributed by atoms with E-state index in [-0.39, 0.29) is 0 Å². The second-order valence-corrected chi connectivity index (χ2v) is 9.72. The van der Waals surface area contributed by atoms with Gasteiger partial charge in [0, 0.05) is 21.4 Å². The molecule has 0 radical (unpaired) electrons. The molecule has 0 amide bonds. The third kappa shape index (κ3) is 4.44. The largest absolute Gasteiger partial charge is 0.310 e. The highest BCUT2D eigenvalue weighted by molar-refractivity contribution is 9.10. The highest BCUT2D eigenvalue weighted by atomic mass is 79.9. The van der Waals surface area contributed by atoms with E-state index in [1.54, 1.807) is 0 Å². The molecule has 0 fully saturated rings. The highest BCUT2D eigenvalue weighted by Crippen LogP contribution is 2.42. The Morgan fingerprint density at radius 3 is 1.78 bits per heavy atom. The SMILES string of the molecule is Brc1ccc(-c2ccccc2N(c2ccc(-c3ccccc3)cc2)c2ccc3ccccc3c2)cc1. The molecule has 0 aliphatic rings. The van der Waals surface area contributed by atoms with E-state index in [9.17, 15) is 0 Å². The van der Waals surface area contributed by atoms with Gasteiger partial charge in [0.2, 0.25) is 0 Å². The first-order chi connectivity index (χ1) is 17.8. The Balaban J connectivity index is 1.52. The summed E-state index contributed by atoms with van der Waals surface area (Å²) >= 11 is 3.58. The van der Waals surface area contributed by atoms with Gasteiger partial charge in [-0.15, -0.1) is 0 Å². The molecule has 0 aliphatic carbocycles. The summed E-state index contributed by atoms with van der Waals surface area (Å²) in [4.78, 5) is 2.36. The molecule has 36 heavy (non-hydrogen) atoms. The van der Waals surface area contributed by atoms with E-state index in [4.69, 9.17) is 0 Å². The van der Waals surface area contributed by atoms with Gasteiger partial charge in [0.25, 0.3) is 0 Å². The first-order valence-electron chi connectivity index (χ1n) is 12.1. The van der Waals surface area contributed by atoms with E-state index >= 15 is 0 Å². The van der Waals surface area contributed by atoms with E-state index in [2.05, 4.69) is 166 Å². The van der Waals surface area contributed by atoms with Crippen molar-refractivity contribution in [1.29, 1.82) is 0 Å². The molecule has 0 saturated carbocycles. The van der Waals surface area contributed by atoms with Gasteiger partial charge in [-0.05, 0) is 69.9 Å². The summed E-state index contributed by atoms with van der Waals surface area (Å²) in [6, 6.07) is 51.8. The van der Waals surface area contributed by atoms with Gasteiger partial charge < -0.3 is 4.90 Å². The molecule has 0 saturated heterocycles. The first-order valence-corrected chi connectivity index (χ1v) is 12.8. The second-order valence-electron chi connectivity index (χ2n) is 8.80. The molecule has 2 heteroatoms. The number of nitrogens with zero attached hydrogens (tertiary/aromatic N) is 1. The standard InChI is InChI=1S/C34H24BrN/c35-30-19-14-28(15-20-30)33-12-6-7-13-34(33)36(32-23-18-26-10-4-5-11-29(26)24-32)31-21-16-27(17-22-31)25-8-2-1-3-9-25/h1-24H. The van der Waals surface area contributed by atoms with Gasteiger partial charge in [0.05, 0.1) is 5.69 Å². The maximum atomic E-state index is 3.58. The molecule has 1 nitrogen and oxygen atoms in total. The molecule has 6 rings (SSSR count). The molecule has 0 aromatic heterocycles. The normalized spacial score (nSPS) is 10.9. The highest BCUT2D eigenvalue weighted by Gasteiger charge is 2.17. The monoisotopic (exact) mass is 525 g/mol.